The smallest absolute Gasteiger partial charge is 0.323 e. The van der Waals surface area contributed by atoms with Crippen LogP contribution in [-0.2, 0) is 9.59 Å². The van der Waals surface area contributed by atoms with Crippen molar-refractivity contribution in [2.45, 2.75) is 39.2 Å². The highest BCUT2D eigenvalue weighted by Gasteiger charge is 2.30. The van der Waals surface area contributed by atoms with Crippen LogP contribution in [0.15, 0.2) is 34.9 Å². The van der Waals surface area contributed by atoms with E-state index in [-0.39, 0.29) is 24.4 Å². The van der Waals surface area contributed by atoms with Gasteiger partial charge in [-0.15, -0.1) is 0 Å². The van der Waals surface area contributed by atoms with E-state index in [0.29, 0.717) is 49.4 Å². The number of aliphatic carboxylic acids is 1. The number of likely N-dealkylation sites (tertiary alicyclic amines) is 1. The van der Waals surface area contributed by atoms with Crippen molar-refractivity contribution < 1.29 is 24.0 Å². The topological polar surface area (TPSA) is 104 Å². The Labute approximate surface area is 169 Å². The Kier molecular flexibility index (Phi) is 6.31. The normalized spacial score (nSPS) is 16.9. The van der Waals surface area contributed by atoms with Gasteiger partial charge in [0.2, 0.25) is 5.91 Å². The minimum absolute atomic E-state index is 0.157. The van der Waals surface area contributed by atoms with Crippen molar-refractivity contribution in [3.8, 4) is 11.3 Å². The average molecular weight is 399 g/mol. The van der Waals surface area contributed by atoms with Gasteiger partial charge in [0.15, 0.2) is 0 Å². The highest BCUT2D eigenvalue weighted by Crippen LogP contribution is 2.27. The predicted molar refractivity (Wildman–Crippen MR) is 105 cm³/mol. The molecule has 3 rings (SSSR count). The van der Waals surface area contributed by atoms with Crippen molar-refractivity contribution >= 4 is 17.8 Å². The molecule has 0 aliphatic carbocycles. The Morgan fingerprint density at radius 3 is 2.59 bits per heavy atom. The third kappa shape index (κ3) is 4.64. The molecule has 2 amide bonds. The number of carbonyl (C=O) groups excluding carboxylic acids is 2. The Morgan fingerprint density at radius 2 is 1.93 bits per heavy atom. The molecule has 154 valence electrons. The summed E-state index contributed by atoms with van der Waals surface area (Å²) in [6.45, 7) is 3.75. The van der Waals surface area contributed by atoms with Gasteiger partial charge >= 0.3 is 5.97 Å². The number of carbonyl (C=O) groups is 3. The molecule has 1 aromatic heterocycles. The average Bonchev–Trinajstić information content (AvgIpc) is 2.92. The molecule has 0 saturated carbocycles. The molecular weight excluding hydrogens is 374 g/mol. The zero-order valence-corrected chi connectivity index (χ0v) is 16.6. The maximum Gasteiger partial charge on any atom is 0.323 e. The largest absolute Gasteiger partial charge is 0.480 e. The second-order valence-electron chi connectivity index (χ2n) is 7.25. The number of aromatic nitrogens is 1. The van der Waals surface area contributed by atoms with Crippen molar-refractivity contribution in [3.63, 3.8) is 0 Å². The summed E-state index contributed by atoms with van der Waals surface area (Å²) < 4.78 is 5.31. The van der Waals surface area contributed by atoms with Crippen LogP contribution in [-0.4, -0.2) is 63.5 Å². The Bertz CT molecular complexity index is 893. The van der Waals surface area contributed by atoms with Gasteiger partial charge in [0.1, 0.15) is 23.6 Å². The number of amides is 2. The molecule has 2 aromatic rings. The van der Waals surface area contributed by atoms with E-state index in [4.69, 9.17) is 9.63 Å². The summed E-state index contributed by atoms with van der Waals surface area (Å²) in [5.41, 5.74) is 1.78. The van der Waals surface area contributed by atoms with E-state index in [1.54, 1.807) is 11.8 Å². The molecule has 1 N–H and O–H groups in total. The van der Waals surface area contributed by atoms with Crippen LogP contribution in [0.2, 0.25) is 0 Å². The first-order chi connectivity index (χ1) is 13.9. The van der Waals surface area contributed by atoms with Gasteiger partial charge in [0.05, 0.1) is 0 Å². The monoisotopic (exact) mass is 399 g/mol. The van der Waals surface area contributed by atoms with E-state index < -0.39 is 5.97 Å². The standard InChI is InChI=1S/C21H25N3O5/c1-14-19(20(22-29-14)16-7-4-3-5-8-16)21(28)23-11-6-9-17(10-12-23)24(15(2)25)13-18(26)27/h3-5,7-8,17H,6,9-13H2,1-2H3,(H,26,27). The van der Waals surface area contributed by atoms with E-state index in [0.717, 1.165) is 5.56 Å². The van der Waals surface area contributed by atoms with Gasteiger partial charge in [-0.3, -0.25) is 14.4 Å². The van der Waals surface area contributed by atoms with Crippen LogP contribution < -0.4 is 0 Å². The van der Waals surface area contributed by atoms with Crippen LogP contribution in [0.5, 0.6) is 0 Å². The van der Waals surface area contributed by atoms with Gasteiger partial charge in [0, 0.05) is 31.6 Å². The first-order valence-corrected chi connectivity index (χ1v) is 9.68. The summed E-state index contributed by atoms with van der Waals surface area (Å²) in [6, 6.07) is 9.21. The van der Waals surface area contributed by atoms with Gasteiger partial charge < -0.3 is 19.4 Å². The fraction of sp³-hybridized carbons (Fsp3) is 0.429. The predicted octanol–water partition coefficient (Wildman–Crippen LogP) is 2.58. The molecule has 0 bridgehead atoms. The summed E-state index contributed by atoms with van der Waals surface area (Å²) in [6.07, 6.45) is 1.87. The van der Waals surface area contributed by atoms with E-state index >= 15 is 0 Å². The highest BCUT2D eigenvalue weighted by molar-refractivity contribution is 6.00. The van der Waals surface area contributed by atoms with E-state index in [1.807, 2.05) is 30.3 Å². The molecule has 8 heteroatoms. The first-order valence-electron chi connectivity index (χ1n) is 9.68. The van der Waals surface area contributed by atoms with Crippen LogP contribution in [0, 0.1) is 6.92 Å². The minimum atomic E-state index is -1.04. The third-order valence-electron chi connectivity index (χ3n) is 5.26. The molecule has 1 saturated heterocycles. The van der Waals surface area contributed by atoms with Crippen molar-refractivity contribution in [3.05, 3.63) is 41.7 Å². The molecule has 0 spiro atoms. The number of nitrogens with zero attached hydrogens (tertiary/aromatic N) is 3. The van der Waals surface area contributed by atoms with Gasteiger partial charge in [-0.1, -0.05) is 35.5 Å². The van der Waals surface area contributed by atoms with Gasteiger partial charge in [-0.05, 0) is 26.2 Å². The quantitative estimate of drug-likeness (QED) is 0.829. The van der Waals surface area contributed by atoms with Gasteiger partial charge in [-0.25, -0.2) is 0 Å². The van der Waals surface area contributed by atoms with E-state index in [9.17, 15) is 14.4 Å². The molecule has 2 heterocycles. The molecule has 29 heavy (non-hydrogen) atoms. The Hall–Kier alpha value is -3.16. The number of carboxylic acid groups (broad SMARTS) is 1. The van der Waals surface area contributed by atoms with Crippen LogP contribution in [0.3, 0.4) is 0 Å². The molecule has 8 nitrogen and oxygen atoms in total. The second kappa shape index (κ2) is 8.89. The summed E-state index contributed by atoms with van der Waals surface area (Å²) in [5, 5.41) is 13.2. The summed E-state index contributed by atoms with van der Waals surface area (Å²) >= 11 is 0. The minimum Gasteiger partial charge on any atom is -0.480 e. The van der Waals surface area contributed by atoms with E-state index in [1.165, 1.54) is 11.8 Å². The number of aryl methyl sites for hydroxylation is 1. The fourth-order valence-corrected chi connectivity index (χ4v) is 3.81. The molecule has 1 aromatic carbocycles. The van der Waals surface area contributed by atoms with Crippen LogP contribution in [0.25, 0.3) is 11.3 Å². The summed E-state index contributed by atoms with van der Waals surface area (Å²) in [4.78, 5) is 39.4. The molecular formula is C21H25N3O5. The van der Waals surface area contributed by atoms with Gasteiger partial charge in [0.25, 0.3) is 5.91 Å². The zero-order valence-electron chi connectivity index (χ0n) is 16.6. The number of carboxylic acids is 1. The number of hydrogen-bond donors (Lipinski definition) is 1. The highest BCUT2D eigenvalue weighted by atomic mass is 16.5. The van der Waals surface area contributed by atoms with Crippen LogP contribution >= 0.6 is 0 Å². The molecule has 1 aliphatic rings. The van der Waals surface area contributed by atoms with Crippen LogP contribution in [0.4, 0.5) is 0 Å². The lowest BCUT2D eigenvalue weighted by atomic mass is 10.1. The maximum absolute atomic E-state index is 13.3. The lowest BCUT2D eigenvalue weighted by Gasteiger charge is -2.28. The third-order valence-corrected chi connectivity index (χ3v) is 5.26. The molecule has 1 unspecified atom stereocenters. The number of rotatable bonds is 5. The fourth-order valence-electron chi connectivity index (χ4n) is 3.81. The summed E-state index contributed by atoms with van der Waals surface area (Å²) in [7, 11) is 0. The van der Waals surface area contributed by atoms with Crippen molar-refractivity contribution in [1.82, 2.24) is 15.0 Å². The lowest BCUT2D eigenvalue weighted by molar-refractivity contribution is -0.145. The number of benzene rings is 1. The zero-order chi connectivity index (χ0) is 21.0. The Morgan fingerprint density at radius 1 is 1.21 bits per heavy atom. The molecule has 1 fully saturated rings. The van der Waals surface area contributed by atoms with Gasteiger partial charge in [-0.2, -0.15) is 0 Å². The van der Waals surface area contributed by atoms with E-state index in [2.05, 4.69) is 5.16 Å². The second-order valence-corrected chi connectivity index (χ2v) is 7.25. The molecule has 0 radical (unpaired) electrons. The number of hydrogen-bond acceptors (Lipinski definition) is 5. The Balaban J connectivity index is 1.78. The van der Waals surface area contributed by atoms with Crippen molar-refractivity contribution in [1.29, 1.82) is 0 Å². The maximum atomic E-state index is 13.3. The lowest BCUT2D eigenvalue weighted by Crippen LogP contribution is -2.43. The first kappa shape index (κ1) is 20.6. The van der Waals surface area contributed by atoms with Crippen LogP contribution in [0.1, 0.15) is 42.3 Å². The molecule has 1 atom stereocenters. The summed E-state index contributed by atoms with van der Waals surface area (Å²) in [5.74, 6) is -0.995. The van der Waals surface area contributed by atoms with Crippen molar-refractivity contribution in [2.24, 2.45) is 0 Å². The SMILES string of the molecule is CC(=O)N(CC(=O)O)C1CCCN(C(=O)c2c(-c3ccccc3)noc2C)CC1. The molecule has 1 aliphatic heterocycles. The van der Waals surface area contributed by atoms with Crippen molar-refractivity contribution in [2.75, 3.05) is 19.6 Å².